The Morgan fingerprint density at radius 3 is 2.68 bits per heavy atom. The number of rotatable bonds is 2. The molecule has 19 heavy (non-hydrogen) atoms. The van der Waals surface area contributed by atoms with E-state index in [0.29, 0.717) is 0 Å². The number of amides is 2. The molecule has 1 aliphatic rings. The molecule has 0 spiro atoms. The van der Waals surface area contributed by atoms with E-state index in [1.54, 1.807) is 6.92 Å². The summed E-state index contributed by atoms with van der Waals surface area (Å²) < 4.78 is 29.4. The molecule has 0 saturated carbocycles. The van der Waals surface area contributed by atoms with Crippen LogP contribution in [0.2, 0.25) is 0 Å². The van der Waals surface area contributed by atoms with Crippen molar-refractivity contribution in [1.82, 2.24) is 4.31 Å². The van der Waals surface area contributed by atoms with Gasteiger partial charge >= 0.3 is 6.09 Å². The van der Waals surface area contributed by atoms with Gasteiger partial charge in [-0.3, -0.25) is 10.1 Å². The van der Waals surface area contributed by atoms with E-state index in [2.05, 4.69) is 10.1 Å². The molecule has 7 nitrogen and oxygen atoms in total. The lowest BCUT2D eigenvalue weighted by molar-refractivity contribution is 0.0876. The zero-order chi connectivity index (χ0) is 14.2. The summed E-state index contributed by atoms with van der Waals surface area (Å²) in [5.74, 6) is -0.554. The topological polar surface area (TPSA) is 92.8 Å². The van der Waals surface area contributed by atoms with Gasteiger partial charge in [0.2, 0.25) is 0 Å². The molecule has 8 heteroatoms. The molecule has 102 valence electrons. The van der Waals surface area contributed by atoms with Crippen molar-refractivity contribution >= 4 is 27.7 Å². The van der Waals surface area contributed by atoms with Gasteiger partial charge in [0.15, 0.2) is 0 Å². The van der Waals surface area contributed by atoms with E-state index in [1.807, 2.05) is 0 Å². The van der Waals surface area contributed by atoms with Crippen molar-refractivity contribution in [3.8, 4) is 0 Å². The van der Waals surface area contributed by atoms with Gasteiger partial charge in [0, 0.05) is 12.2 Å². The van der Waals surface area contributed by atoms with Crippen LogP contribution in [0.15, 0.2) is 23.1 Å². The molecule has 1 aliphatic heterocycles. The first-order chi connectivity index (χ1) is 8.91. The molecule has 0 unspecified atom stereocenters. The number of hydrogen-bond acceptors (Lipinski definition) is 5. The standard InChI is InChI=1S/C11H12N2O5S/c1-3-13-10(14)8-5-4-7(12-11(15)18-2)6-9(8)19(13,16)17/h4-6H,3H2,1-2H3,(H,12,15). The van der Waals surface area contributed by atoms with Crippen LogP contribution in [0.25, 0.3) is 0 Å². The first-order valence-electron chi connectivity index (χ1n) is 5.48. The molecule has 1 aromatic carbocycles. The lowest BCUT2D eigenvalue weighted by Gasteiger charge is -2.11. The molecule has 0 aliphatic carbocycles. The van der Waals surface area contributed by atoms with Crippen LogP contribution in [0.3, 0.4) is 0 Å². The molecule has 2 rings (SSSR count). The lowest BCUT2D eigenvalue weighted by Crippen LogP contribution is -2.29. The predicted molar refractivity (Wildman–Crippen MR) is 66.4 cm³/mol. The summed E-state index contributed by atoms with van der Waals surface area (Å²) in [5, 5.41) is 2.35. The van der Waals surface area contributed by atoms with Gasteiger partial charge in [0.1, 0.15) is 4.90 Å². The van der Waals surface area contributed by atoms with Crippen LogP contribution >= 0.6 is 0 Å². The van der Waals surface area contributed by atoms with E-state index in [0.717, 1.165) is 4.31 Å². The maximum Gasteiger partial charge on any atom is 0.411 e. The molecule has 0 bridgehead atoms. The van der Waals surface area contributed by atoms with E-state index < -0.39 is 22.0 Å². The number of sulfonamides is 1. The van der Waals surface area contributed by atoms with Crippen molar-refractivity contribution in [1.29, 1.82) is 0 Å². The molecular formula is C11H12N2O5S. The second-order valence-corrected chi connectivity index (χ2v) is 5.63. The van der Waals surface area contributed by atoms with E-state index in [4.69, 9.17) is 0 Å². The molecule has 1 heterocycles. The number of carbonyl (C=O) groups is 2. The quantitative estimate of drug-likeness (QED) is 0.875. The number of fused-ring (bicyclic) bond motifs is 1. The van der Waals surface area contributed by atoms with E-state index >= 15 is 0 Å². The number of methoxy groups -OCH3 is 1. The van der Waals surface area contributed by atoms with Crippen LogP contribution in [-0.4, -0.2) is 38.4 Å². The number of anilines is 1. The van der Waals surface area contributed by atoms with Crippen molar-refractivity contribution in [3.05, 3.63) is 23.8 Å². The zero-order valence-corrected chi connectivity index (χ0v) is 11.2. The lowest BCUT2D eigenvalue weighted by atomic mass is 10.2. The fraction of sp³-hybridized carbons (Fsp3) is 0.273. The summed E-state index contributed by atoms with van der Waals surface area (Å²) in [6, 6.07) is 4.06. The van der Waals surface area contributed by atoms with Gasteiger partial charge in [-0.05, 0) is 25.1 Å². The van der Waals surface area contributed by atoms with E-state index in [-0.39, 0.29) is 22.7 Å². The summed E-state index contributed by atoms with van der Waals surface area (Å²) in [6.45, 7) is 1.64. The molecule has 1 N–H and O–H groups in total. The van der Waals surface area contributed by atoms with Gasteiger partial charge in [-0.1, -0.05) is 0 Å². The van der Waals surface area contributed by atoms with Crippen LogP contribution in [0.1, 0.15) is 17.3 Å². The third-order valence-electron chi connectivity index (χ3n) is 2.73. The minimum absolute atomic E-state index is 0.0651. The Morgan fingerprint density at radius 1 is 1.42 bits per heavy atom. The predicted octanol–water partition coefficient (Wildman–Crippen LogP) is 1.03. The Balaban J connectivity index is 2.48. The van der Waals surface area contributed by atoms with Gasteiger partial charge < -0.3 is 4.74 Å². The zero-order valence-electron chi connectivity index (χ0n) is 10.3. The monoisotopic (exact) mass is 284 g/mol. The molecule has 0 atom stereocenters. The third-order valence-corrected chi connectivity index (χ3v) is 4.62. The smallest absolute Gasteiger partial charge is 0.411 e. The molecular weight excluding hydrogens is 272 g/mol. The van der Waals surface area contributed by atoms with E-state index in [9.17, 15) is 18.0 Å². The average molecular weight is 284 g/mol. The van der Waals surface area contributed by atoms with Gasteiger partial charge in [0.25, 0.3) is 15.9 Å². The summed E-state index contributed by atoms with van der Waals surface area (Å²) in [5.41, 5.74) is 0.359. The number of nitrogens with zero attached hydrogens (tertiary/aromatic N) is 1. The normalized spacial score (nSPS) is 16.1. The minimum Gasteiger partial charge on any atom is -0.453 e. The highest BCUT2D eigenvalue weighted by Crippen LogP contribution is 2.32. The van der Waals surface area contributed by atoms with Gasteiger partial charge in [-0.2, -0.15) is 0 Å². The number of hydrogen-bond donors (Lipinski definition) is 1. The van der Waals surface area contributed by atoms with Crippen molar-refractivity contribution in [2.75, 3.05) is 19.0 Å². The second-order valence-electron chi connectivity index (χ2n) is 3.80. The fourth-order valence-corrected chi connectivity index (χ4v) is 3.44. The highest BCUT2D eigenvalue weighted by Gasteiger charge is 2.40. The molecule has 2 amide bonds. The molecule has 0 fully saturated rings. The van der Waals surface area contributed by atoms with Crippen molar-refractivity contribution in [2.24, 2.45) is 0 Å². The molecule has 0 saturated heterocycles. The van der Waals surface area contributed by atoms with Gasteiger partial charge in [-0.25, -0.2) is 17.5 Å². The number of carbonyl (C=O) groups excluding carboxylic acids is 2. The second kappa shape index (κ2) is 4.54. The number of benzene rings is 1. The minimum atomic E-state index is -3.82. The van der Waals surface area contributed by atoms with Gasteiger partial charge in [-0.15, -0.1) is 0 Å². The van der Waals surface area contributed by atoms with Crippen LogP contribution in [0.5, 0.6) is 0 Å². The number of ether oxygens (including phenoxy) is 1. The Bertz CT molecular complexity index is 653. The largest absolute Gasteiger partial charge is 0.453 e. The Kier molecular flexibility index (Phi) is 3.19. The van der Waals surface area contributed by atoms with Crippen LogP contribution in [0.4, 0.5) is 10.5 Å². The van der Waals surface area contributed by atoms with Crippen molar-refractivity contribution in [2.45, 2.75) is 11.8 Å². The highest BCUT2D eigenvalue weighted by atomic mass is 32.2. The summed E-state index contributed by atoms with van der Waals surface area (Å²) in [4.78, 5) is 22.8. The fourth-order valence-electron chi connectivity index (χ4n) is 1.83. The Morgan fingerprint density at radius 2 is 2.11 bits per heavy atom. The first kappa shape index (κ1) is 13.3. The van der Waals surface area contributed by atoms with Crippen LogP contribution in [0, 0.1) is 0 Å². The van der Waals surface area contributed by atoms with Crippen LogP contribution in [-0.2, 0) is 14.8 Å². The Hall–Kier alpha value is -2.09. The first-order valence-corrected chi connectivity index (χ1v) is 6.92. The molecule has 0 radical (unpaired) electrons. The summed E-state index contributed by atoms with van der Waals surface area (Å²) in [6.07, 6.45) is -0.714. The summed E-state index contributed by atoms with van der Waals surface area (Å²) in [7, 11) is -2.62. The molecule has 1 aromatic rings. The third kappa shape index (κ3) is 2.03. The average Bonchev–Trinajstić information content (AvgIpc) is 2.56. The van der Waals surface area contributed by atoms with Crippen molar-refractivity contribution in [3.63, 3.8) is 0 Å². The van der Waals surface area contributed by atoms with E-state index in [1.165, 1.54) is 25.3 Å². The van der Waals surface area contributed by atoms with Crippen molar-refractivity contribution < 1.29 is 22.7 Å². The number of nitrogens with one attached hydrogen (secondary N) is 1. The summed E-state index contributed by atoms with van der Waals surface area (Å²) >= 11 is 0. The van der Waals surface area contributed by atoms with Gasteiger partial charge in [0.05, 0.1) is 12.7 Å². The molecule has 0 aromatic heterocycles. The van der Waals surface area contributed by atoms with Crippen LogP contribution < -0.4 is 5.32 Å². The highest BCUT2D eigenvalue weighted by molar-refractivity contribution is 7.90. The maximum atomic E-state index is 12.1. The maximum absolute atomic E-state index is 12.1. The SMILES string of the molecule is CCN1C(=O)c2ccc(NC(=O)OC)cc2S1(=O)=O. The Labute approximate surface area is 110 Å².